The van der Waals surface area contributed by atoms with Crippen LogP contribution in [0.15, 0.2) is 36.8 Å². The molecule has 7 heteroatoms. The van der Waals surface area contributed by atoms with Crippen molar-refractivity contribution in [3.05, 3.63) is 53.6 Å². The molecule has 0 fully saturated rings. The number of nitrogens with zero attached hydrogens (tertiary/aromatic N) is 1. The Balaban J connectivity index is 1.97. The molecule has 0 spiro atoms. The third kappa shape index (κ3) is 4.20. The second kappa shape index (κ2) is 5.87. The normalized spacial score (nSPS) is 11.2. The van der Waals surface area contributed by atoms with E-state index in [0.29, 0.717) is 17.7 Å². The van der Waals surface area contributed by atoms with Crippen LogP contribution in [0.2, 0.25) is 0 Å². The van der Waals surface area contributed by atoms with E-state index in [1.807, 2.05) is 0 Å². The highest BCUT2D eigenvalue weighted by molar-refractivity contribution is 7.89. The van der Waals surface area contributed by atoms with Crippen molar-refractivity contribution in [3.63, 3.8) is 0 Å². The van der Waals surface area contributed by atoms with Gasteiger partial charge in [0.15, 0.2) is 9.84 Å². The predicted molar refractivity (Wildman–Crippen MR) is 74.7 cm³/mol. The molecule has 0 radical (unpaired) electrons. The van der Waals surface area contributed by atoms with Gasteiger partial charge in [-0.3, -0.25) is 4.79 Å². The smallest absolute Gasteiger partial charge is 0.251 e. The SMILES string of the molecule is CS(=O)(=O)Cc1ccc(C(=O)NCc2cnc[nH]2)cc1. The predicted octanol–water partition coefficient (Wildman–Crippen LogP) is 0.884. The number of nitrogens with one attached hydrogen (secondary N) is 2. The van der Waals surface area contributed by atoms with Crippen LogP contribution in [-0.4, -0.2) is 30.5 Å². The maximum absolute atomic E-state index is 11.9. The number of hydrogen-bond acceptors (Lipinski definition) is 4. The molecule has 0 aliphatic rings. The van der Waals surface area contributed by atoms with Gasteiger partial charge in [0.25, 0.3) is 5.91 Å². The van der Waals surface area contributed by atoms with Crippen molar-refractivity contribution in [2.45, 2.75) is 12.3 Å². The maximum atomic E-state index is 11.9. The molecule has 0 saturated carbocycles. The van der Waals surface area contributed by atoms with Crippen LogP contribution >= 0.6 is 0 Å². The van der Waals surface area contributed by atoms with Crippen LogP contribution in [0.3, 0.4) is 0 Å². The summed E-state index contributed by atoms with van der Waals surface area (Å²) in [6, 6.07) is 6.52. The van der Waals surface area contributed by atoms with Crippen molar-refractivity contribution in [1.29, 1.82) is 0 Å². The summed E-state index contributed by atoms with van der Waals surface area (Å²) in [4.78, 5) is 18.6. The highest BCUT2D eigenvalue weighted by Crippen LogP contribution is 2.08. The lowest BCUT2D eigenvalue weighted by molar-refractivity contribution is 0.0950. The first kappa shape index (κ1) is 14.3. The van der Waals surface area contributed by atoms with Crippen LogP contribution < -0.4 is 5.32 Å². The maximum Gasteiger partial charge on any atom is 0.251 e. The molecular formula is C13H15N3O3S. The molecule has 0 aliphatic heterocycles. The number of carbonyl (C=O) groups excluding carboxylic acids is 1. The minimum Gasteiger partial charge on any atom is -0.347 e. The summed E-state index contributed by atoms with van der Waals surface area (Å²) in [6.45, 7) is 0.365. The molecule has 106 valence electrons. The number of imidazole rings is 1. The van der Waals surface area contributed by atoms with Gasteiger partial charge in [-0.2, -0.15) is 0 Å². The van der Waals surface area contributed by atoms with E-state index < -0.39 is 9.84 Å². The molecule has 1 aromatic carbocycles. The van der Waals surface area contributed by atoms with Crippen molar-refractivity contribution in [2.75, 3.05) is 6.26 Å². The van der Waals surface area contributed by atoms with Crippen molar-refractivity contribution >= 4 is 15.7 Å². The molecule has 2 aromatic rings. The Morgan fingerprint density at radius 2 is 2.00 bits per heavy atom. The van der Waals surface area contributed by atoms with Gasteiger partial charge >= 0.3 is 0 Å². The highest BCUT2D eigenvalue weighted by Gasteiger charge is 2.08. The van der Waals surface area contributed by atoms with Gasteiger partial charge in [-0.25, -0.2) is 13.4 Å². The standard InChI is InChI=1S/C13H15N3O3S/c1-20(18,19)8-10-2-4-11(5-3-10)13(17)15-7-12-6-14-9-16-12/h2-6,9H,7-8H2,1H3,(H,14,16)(H,15,17). The summed E-state index contributed by atoms with van der Waals surface area (Å²) in [5.41, 5.74) is 1.96. The minimum absolute atomic E-state index is 0.0248. The average Bonchev–Trinajstić information content (AvgIpc) is 2.88. The number of aromatic amines is 1. The molecule has 0 aliphatic carbocycles. The Morgan fingerprint density at radius 3 is 2.55 bits per heavy atom. The Hall–Kier alpha value is -2.15. The van der Waals surface area contributed by atoms with Crippen LogP contribution in [0.25, 0.3) is 0 Å². The average molecular weight is 293 g/mol. The van der Waals surface area contributed by atoms with Gasteiger partial charge in [0.2, 0.25) is 0 Å². The molecule has 2 N–H and O–H groups in total. The van der Waals surface area contributed by atoms with Gasteiger partial charge in [0.1, 0.15) is 0 Å². The van der Waals surface area contributed by atoms with Gasteiger partial charge in [0, 0.05) is 18.0 Å². The number of aromatic nitrogens is 2. The topological polar surface area (TPSA) is 91.9 Å². The van der Waals surface area contributed by atoms with Crippen molar-refractivity contribution in [1.82, 2.24) is 15.3 Å². The van der Waals surface area contributed by atoms with Gasteiger partial charge in [-0.15, -0.1) is 0 Å². The summed E-state index contributed by atoms with van der Waals surface area (Å²) in [5, 5.41) is 2.74. The lowest BCUT2D eigenvalue weighted by Crippen LogP contribution is -2.22. The number of H-pyrrole nitrogens is 1. The number of sulfone groups is 1. The molecule has 1 amide bonds. The largest absolute Gasteiger partial charge is 0.347 e. The quantitative estimate of drug-likeness (QED) is 0.856. The van der Waals surface area contributed by atoms with Crippen LogP contribution in [0.1, 0.15) is 21.6 Å². The number of benzene rings is 1. The van der Waals surface area contributed by atoms with Crippen molar-refractivity contribution < 1.29 is 13.2 Å². The van der Waals surface area contributed by atoms with E-state index in [2.05, 4.69) is 15.3 Å². The molecule has 0 unspecified atom stereocenters. The Morgan fingerprint density at radius 1 is 1.30 bits per heavy atom. The summed E-state index contributed by atoms with van der Waals surface area (Å²) in [5.74, 6) is -0.242. The van der Waals surface area contributed by atoms with Gasteiger partial charge in [-0.1, -0.05) is 12.1 Å². The van der Waals surface area contributed by atoms with Gasteiger partial charge in [-0.05, 0) is 17.7 Å². The van der Waals surface area contributed by atoms with Crippen LogP contribution in [0, 0.1) is 0 Å². The van der Waals surface area contributed by atoms with E-state index >= 15 is 0 Å². The van der Waals surface area contributed by atoms with E-state index in [-0.39, 0.29) is 11.7 Å². The summed E-state index contributed by atoms with van der Waals surface area (Å²) >= 11 is 0. The highest BCUT2D eigenvalue weighted by atomic mass is 32.2. The van der Waals surface area contributed by atoms with Crippen LogP contribution in [0.5, 0.6) is 0 Å². The fourth-order valence-corrected chi connectivity index (χ4v) is 2.51. The molecule has 2 rings (SSSR count). The third-order valence-corrected chi connectivity index (χ3v) is 3.50. The summed E-state index contributed by atoms with van der Waals surface area (Å²) < 4.78 is 22.3. The molecule has 6 nitrogen and oxygen atoms in total. The fraction of sp³-hybridized carbons (Fsp3) is 0.231. The second-order valence-electron chi connectivity index (χ2n) is 4.53. The van der Waals surface area contributed by atoms with E-state index in [1.54, 1.807) is 36.8 Å². The molecular weight excluding hydrogens is 278 g/mol. The van der Waals surface area contributed by atoms with Crippen molar-refractivity contribution in [2.24, 2.45) is 0 Å². The number of carbonyl (C=O) groups is 1. The minimum atomic E-state index is -3.06. The molecule has 20 heavy (non-hydrogen) atoms. The first-order valence-corrected chi connectivity index (χ1v) is 8.02. The molecule has 0 bridgehead atoms. The van der Waals surface area contributed by atoms with E-state index in [0.717, 1.165) is 5.69 Å². The monoisotopic (exact) mass is 293 g/mol. The zero-order valence-corrected chi connectivity index (χ0v) is 11.8. The lowest BCUT2D eigenvalue weighted by atomic mass is 10.1. The van der Waals surface area contributed by atoms with E-state index in [1.165, 1.54) is 6.26 Å². The molecule has 0 atom stereocenters. The zero-order chi connectivity index (χ0) is 14.6. The Kier molecular flexibility index (Phi) is 4.19. The van der Waals surface area contributed by atoms with Gasteiger partial charge < -0.3 is 10.3 Å². The number of hydrogen-bond donors (Lipinski definition) is 2. The second-order valence-corrected chi connectivity index (χ2v) is 6.67. The summed E-state index contributed by atoms with van der Waals surface area (Å²) in [6.07, 6.45) is 4.36. The van der Waals surface area contributed by atoms with Gasteiger partial charge in [0.05, 0.1) is 24.3 Å². The fourth-order valence-electron chi connectivity index (χ4n) is 1.71. The third-order valence-electron chi connectivity index (χ3n) is 2.64. The van der Waals surface area contributed by atoms with E-state index in [4.69, 9.17) is 0 Å². The first-order chi connectivity index (χ1) is 9.44. The van der Waals surface area contributed by atoms with E-state index in [9.17, 15) is 13.2 Å². The zero-order valence-electron chi connectivity index (χ0n) is 11.0. The molecule has 1 aromatic heterocycles. The number of amides is 1. The lowest BCUT2D eigenvalue weighted by Gasteiger charge is -2.05. The Bertz CT molecular complexity index is 676. The summed E-state index contributed by atoms with van der Waals surface area (Å²) in [7, 11) is -3.06. The van der Waals surface area contributed by atoms with Crippen molar-refractivity contribution in [3.8, 4) is 0 Å². The molecule has 0 saturated heterocycles. The molecule has 1 heterocycles. The first-order valence-electron chi connectivity index (χ1n) is 5.96. The van der Waals surface area contributed by atoms with Crippen LogP contribution in [-0.2, 0) is 22.1 Å². The number of rotatable bonds is 5. The Labute approximate surface area is 117 Å². The van der Waals surface area contributed by atoms with Crippen LogP contribution in [0.4, 0.5) is 0 Å².